The Hall–Kier alpha value is -2.15. The van der Waals surface area contributed by atoms with Gasteiger partial charge in [0.2, 0.25) is 5.91 Å². The molecule has 0 aliphatic rings. The molecule has 2 heterocycles. The molecule has 0 aromatic carbocycles. The number of carbonyl (C=O) groups is 1. The van der Waals surface area contributed by atoms with Gasteiger partial charge in [-0.25, -0.2) is 4.98 Å². The molecular formula is C17H27N5O2. The number of amides is 1. The van der Waals surface area contributed by atoms with Gasteiger partial charge in [-0.05, 0) is 44.4 Å². The quantitative estimate of drug-likeness (QED) is 0.627. The Morgan fingerprint density at radius 1 is 1.25 bits per heavy atom. The van der Waals surface area contributed by atoms with Crippen LogP contribution in [0.5, 0.6) is 0 Å². The highest BCUT2D eigenvalue weighted by Crippen LogP contribution is 2.20. The maximum atomic E-state index is 12.2. The molecule has 0 saturated carbocycles. The smallest absolute Gasteiger partial charge is 0.276 e. The summed E-state index contributed by atoms with van der Waals surface area (Å²) in [7, 11) is 1.68. The van der Waals surface area contributed by atoms with Gasteiger partial charge in [0.05, 0.1) is 5.39 Å². The van der Waals surface area contributed by atoms with Gasteiger partial charge in [-0.3, -0.25) is 19.4 Å². The van der Waals surface area contributed by atoms with Crippen LogP contribution in [0.1, 0.15) is 36.6 Å². The van der Waals surface area contributed by atoms with E-state index in [1.165, 1.54) is 4.68 Å². The minimum Gasteiger partial charge on any atom is -0.355 e. The van der Waals surface area contributed by atoms with Gasteiger partial charge in [-0.15, -0.1) is 0 Å². The average Bonchev–Trinajstić information content (AvgIpc) is 2.81. The van der Waals surface area contributed by atoms with Crippen molar-refractivity contribution >= 4 is 16.9 Å². The molecule has 2 rings (SSSR count). The first-order valence-corrected chi connectivity index (χ1v) is 8.47. The SMILES string of the molecule is CCCNCCNC(=O)CCc1c(C)nc2[nH]n(C)c(=O)c2c1C. The number of hydrogen-bond donors (Lipinski definition) is 3. The van der Waals surface area contributed by atoms with Crippen molar-refractivity contribution in [3.05, 3.63) is 27.2 Å². The van der Waals surface area contributed by atoms with E-state index in [0.717, 1.165) is 36.3 Å². The summed E-state index contributed by atoms with van der Waals surface area (Å²) in [6, 6.07) is 0. The number of pyridine rings is 1. The first kappa shape index (κ1) is 18.2. The Kier molecular flexibility index (Phi) is 6.14. The third-order valence-electron chi connectivity index (χ3n) is 4.23. The van der Waals surface area contributed by atoms with Gasteiger partial charge in [0.1, 0.15) is 0 Å². The van der Waals surface area contributed by atoms with Crippen LogP contribution in [0.15, 0.2) is 4.79 Å². The van der Waals surface area contributed by atoms with Crippen LogP contribution in [0.2, 0.25) is 0 Å². The summed E-state index contributed by atoms with van der Waals surface area (Å²) >= 11 is 0. The van der Waals surface area contributed by atoms with Crippen LogP contribution in [0.25, 0.3) is 11.0 Å². The van der Waals surface area contributed by atoms with Gasteiger partial charge < -0.3 is 10.6 Å². The van der Waals surface area contributed by atoms with E-state index in [9.17, 15) is 9.59 Å². The maximum absolute atomic E-state index is 12.2. The summed E-state index contributed by atoms with van der Waals surface area (Å²) in [6.07, 6.45) is 2.07. The molecule has 0 unspecified atom stereocenters. The van der Waals surface area contributed by atoms with Gasteiger partial charge in [-0.2, -0.15) is 0 Å². The summed E-state index contributed by atoms with van der Waals surface area (Å²) < 4.78 is 1.43. The van der Waals surface area contributed by atoms with E-state index >= 15 is 0 Å². The highest BCUT2D eigenvalue weighted by Gasteiger charge is 2.15. The van der Waals surface area contributed by atoms with Crippen molar-refractivity contribution < 1.29 is 4.79 Å². The Balaban J connectivity index is 2.01. The molecule has 0 spiro atoms. The van der Waals surface area contributed by atoms with Crippen molar-refractivity contribution in [1.29, 1.82) is 0 Å². The molecule has 0 fully saturated rings. The predicted octanol–water partition coefficient (Wildman–Crippen LogP) is 0.927. The lowest BCUT2D eigenvalue weighted by Crippen LogP contribution is -2.32. The van der Waals surface area contributed by atoms with Crippen LogP contribution in [-0.4, -0.2) is 40.3 Å². The van der Waals surface area contributed by atoms with E-state index in [0.29, 0.717) is 30.4 Å². The minimum atomic E-state index is -0.0808. The van der Waals surface area contributed by atoms with Crippen LogP contribution in [0.4, 0.5) is 0 Å². The number of nitrogens with zero attached hydrogens (tertiary/aromatic N) is 2. The highest BCUT2D eigenvalue weighted by atomic mass is 16.1. The fourth-order valence-corrected chi connectivity index (χ4v) is 2.90. The number of carbonyl (C=O) groups excluding carboxylic acids is 1. The molecule has 24 heavy (non-hydrogen) atoms. The Labute approximate surface area is 141 Å². The van der Waals surface area contributed by atoms with Crippen molar-refractivity contribution in [1.82, 2.24) is 25.4 Å². The zero-order valence-corrected chi connectivity index (χ0v) is 15.0. The van der Waals surface area contributed by atoms with Crippen molar-refractivity contribution in [2.75, 3.05) is 19.6 Å². The summed E-state index contributed by atoms with van der Waals surface area (Å²) in [4.78, 5) is 28.6. The van der Waals surface area contributed by atoms with Crippen LogP contribution in [0, 0.1) is 13.8 Å². The summed E-state index contributed by atoms with van der Waals surface area (Å²) in [5.74, 6) is 0.0224. The van der Waals surface area contributed by atoms with Crippen LogP contribution < -0.4 is 16.2 Å². The molecular weight excluding hydrogens is 306 g/mol. The zero-order chi connectivity index (χ0) is 17.7. The number of nitrogens with one attached hydrogen (secondary N) is 3. The van der Waals surface area contributed by atoms with E-state index in [2.05, 4.69) is 27.6 Å². The molecule has 0 aliphatic heterocycles. The number of hydrogen-bond acceptors (Lipinski definition) is 4. The van der Waals surface area contributed by atoms with Crippen LogP contribution >= 0.6 is 0 Å². The van der Waals surface area contributed by atoms with Crippen molar-refractivity contribution in [2.24, 2.45) is 7.05 Å². The molecule has 2 aromatic heterocycles. The van der Waals surface area contributed by atoms with Crippen molar-refractivity contribution in [2.45, 2.75) is 40.0 Å². The van der Waals surface area contributed by atoms with E-state index < -0.39 is 0 Å². The molecule has 2 aromatic rings. The second kappa shape index (κ2) is 8.10. The highest BCUT2D eigenvalue weighted by molar-refractivity contribution is 5.80. The Morgan fingerprint density at radius 2 is 2.00 bits per heavy atom. The van der Waals surface area contributed by atoms with Crippen molar-refractivity contribution in [3.63, 3.8) is 0 Å². The Morgan fingerprint density at radius 3 is 2.71 bits per heavy atom. The second-order valence-electron chi connectivity index (χ2n) is 6.10. The lowest BCUT2D eigenvalue weighted by molar-refractivity contribution is -0.121. The molecule has 1 amide bonds. The first-order chi connectivity index (χ1) is 11.5. The first-order valence-electron chi connectivity index (χ1n) is 8.47. The monoisotopic (exact) mass is 333 g/mol. The summed E-state index contributed by atoms with van der Waals surface area (Å²) in [5, 5.41) is 9.72. The fourth-order valence-electron chi connectivity index (χ4n) is 2.90. The maximum Gasteiger partial charge on any atom is 0.276 e. The van der Waals surface area contributed by atoms with Crippen molar-refractivity contribution in [3.8, 4) is 0 Å². The normalized spacial score (nSPS) is 11.2. The topological polar surface area (TPSA) is 91.8 Å². The van der Waals surface area contributed by atoms with Crippen LogP contribution in [0.3, 0.4) is 0 Å². The molecule has 7 nitrogen and oxygen atoms in total. The number of aromatic amines is 1. The molecule has 0 aliphatic carbocycles. The average molecular weight is 333 g/mol. The molecule has 132 valence electrons. The number of aryl methyl sites for hydroxylation is 3. The third kappa shape index (κ3) is 4.03. The van der Waals surface area contributed by atoms with E-state index in [-0.39, 0.29) is 11.5 Å². The number of H-pyrrole nitrogens is 1. The summed E-state index contributed by atoms with van der Waals surface area (Å²) in [6.45, 7) is 8.33. The van der Waals surface area contributed by atoms with Gasteiger partial charge in [0.15, 0.2) is 5.65 Å². The van der Waals surface area contributed by atoms with E-state index in [4.69, 9.17) is 0 Å². The third-order valence-corrected chi connectivity index (χ3v) is 4.23. The lowest BCUT2D eigenvalue weighted by Gasteiger charge is -2.10. The minimum absolute atomic E-state index is 0.0224. The molecule has 3 N–H and O–H groups in total. The lowest BCUT2D eigenvalue weighted by atomic mass is 10.0. The van der Waals surface area contributed by atoms with Crippen LogP contribution in [-0.2, 0) is 18.3 Å². The molecule has 0 radical (unpaired) electrons. The zero-order valence-electron chi connectivity index (χ0n) is 15.0. The predicted molar refractivity (Wildman–Crippen MR) is 95.3 cm³/mol. The molecule has 0 atom stereocenters. The van der Waals surface area contributed by atoms with E-state index in [1.54, 1.807) is 7.05 Å². The molecule has 0 bridgehead atoms. The van der Waals surface area contributed by atoms with Gasteiger partial charge >= 0.3 is 0 Å². The molecule has 7 heteroatoms. The number of aromatic nitrogens is 3. The number of fused-ring (bicyclic) bond motifs is 1. The van der Waals surface area contributed by atoms with E-state index in [1.807, 2.05) is 13.8 Å². The van der Waals surface area contributed by atoms with Gasteiger partial charge in [0.25, 0.3) is 5.56 Å². The standard InChI is InChI=1S/C17H27N5O2/c1-5-8-18-9-10-19-14(23)7-6-13-11(2)15-16(20-12(13)3)21-22(4)17(15)24/h18H,5-10H2,1-4H3,(H,19,23)(H,20,21). The second-order valence-corrected chi connectivity index (χ2v) is 6.10. The number of rotatable bonds is 8. The fraction of sp³-hybridized carbons (Fsp3) is 0.588. The largest absolute Gasteiger partial charge is 0.355 e. The van der Waals surface area contributed by atoms with Gasteiger partial charge in [0, 0.05) is 32.3 Å². The molecule has 0 saturated heterocycles. The summed E-state index contributed by atoms with van der Waals surface area (Å²) in [5.41, 5.74) is 3.28. The van der Waals surface area contributed by atoms with Gasteiger partial charge in [-0.1, -0.05) is 6.92 Å². The Bertz CT molecular complexity index is 775.